The van der Waals surface area contributed by atoms with Crippen LogP contribution in [0.1, 0.15) is 84.0 Å². The van der Waals surface area contributed by atoms with Gasteiger partial charge in [-0.3, -0.25) is 4.79 Å². The molecule has 1 amide bonds. The maximum atomic E-state index is 11.6. The Morgan fingerprint density at radius 3 is 2.15 bits per heavy atom. The predicted octanol–water partition coefficient (Wildman–Crippen LogP) is 4.46. The number of rotatable bonds is 19. The zero-order chi connectivity index (χ0) is 19.1. The molecular formula is C22H43N3O. The lowest BCUT2D eigenvalue weighted by molar-refractivity contribution is -0.121. The van der Waals surface area contributed by atoms with Crippen molar-refractivity contribution >= 4 is 5.91 Å². The van der Waals surface area contributed by atoms with Crippen molar-refractivity contribution in [2.75, 3.05) is 26.2 Å². The Morgan fingerprint density at radius 2 is 1.46 bits per heavy atom. The van der Waals surface area contributed by atoms with E-state index in [1.165, 1.54) is 51.4 Å². The molecule has 0 aromatic carbocycles. The summed E-state index contributed by atoms with van der Waals surface area (Å²) in [6, 6.07) is 0. The van der Waals surface area contributed by atoms with Gasteiger partial charge in [-0.25, -0.2) is 0 Å². The molecule has 0 bridgehead atoms. The van der Waals surface area contributed by atoms with Crippen molar-refractivity contribution in [2.45, 2.75) is 84.0 Å². The van der Waals surface area contributed by atoms with Crippen LogP contribution in [-0.2, 0) is 4.79 Å². The number of hydrogen-bond acceptors (Lipinski definition) is 3. The molecule has 0 heterocycles. The third-order valence-electron chi connectivity index (χ3n) is 4.30. The van der Waals surface area contributed by atoms with E-state index < -0.39 is 0 Å². The summed E-state index contributed by atoms with van der Waals surface area (Å²) in [4.78, 5) is 11.6. The first-order valence-electron chi connectivity index (χ1n) is 10.8. The summed E-state index contributed by atoms with van der Waals surface area (Å²) in [5.74, 6) is 0.172. The van der Waals surface area contributed by atoms with Gasteiger partial charge < -0.3 is 16.4 Å². The number of hydrogen-bond donors (Lipinski definition) is 3. The van der Waals surface area contributed by atoms with Crippen molar-refractivity contribution in [2.24, 2.45) is 5.73 Å². The van der Waals surface area contributed by atoms with Crippen LogP contribution in [0.2, 0.25) is 0 Å². The lowest BCUT2D eigenvalue weighted by Gasteiger charge is -2.06. The topological polar surface area (TPSA) is 67.2 Å². The number of amides is 1. The highest BCUT2D eigenvalue weighted by Gasteiger charge is 1.99. The standard InChI is InChI=1S/C22H43N3O/c1-2-3-4-5-6-7-8-9-10-11-12-13-14-15-16-17-22(26)25-21-20-24-19-18-23/h6-7,9-10,24H,2-5,8,11-21,23H2,1H3,(H,25,26). The van der Waals surface area contributed by atoms with Gasteiger partial charge in [0.15, 0.2) is 0 Å². The van der Waals surface area contributed by atoms with Crippen molar-refractivity contribution in [3.63, 3.8) is 0 Å². The molecule has 26 heavy (non-hydrogen) atoms. The van der Waals surface area contributed by atoms with Crippen LogP contribution in [-0.4, -0.2) is 32.1 Å². The molecule has 0 aromatic heterocycles. The van der Waals surface area contributed by atoms with E-state index in [4.69, 9.17) is 5.73 Å². The summed E-state index contributed by atoms with van der Waals surface area (Å²) in [7, 11) is 0. The highest BCUT2D eigenvalue weighted by molar-refractivity contribution is 5.75. The Morgan fingerprint density at radius 1 is 0.808 bits per heavy atom. The van der Waals surface area contributed by atoms with E-state index in [0.29, 0.717) is 19.5 Å². The van der Waals surface area contributed by atoms with Crippen LogP contribution >= 0.6 is 0 Å². The van der Waals surface area contributed by atoms with Crippen LogP contribution in [0.3, 0.4) is 0 Å². The molecular weight excluding hydrogens is 322 g/mol. The number of unbranched alkanes of at least 4 members (excludes halogenated alkanes) is 8. The Bertz CT molecular complexity index is 353. The van der Waals surface area contributed by atoms with Crippen LogP contribution in [0.15, 0.2) is 24.3 Å². The normalized spacial score (nSPS) is 11.6. The number of nitrogens with one attached hydrogen (secondary N) is 2. The molecule has 4 heteroatoms. The molecule has 0 spiro atoms. The van der Waals surface area contributed by atoms with Crippen molar-refractivity contribution in [1.82, 2.24) is 10.6 Å². The van der Waals surface area contributed by atoms with Crippen LogP contribution in [0.25, 0.3) is 0 Å². The fraction of sp³-hybridized carbons (Fsp3) is 0.773. The van der Waals surface area contributed by atoms with Gasteiger partial charge in [0.05, 0.1) is 0 Å². The first-order valence-corrected chi connectivity index (χ1v) is 10.8. The highest BCUT2D eigenvalue weighted by Crippen LogP contribution is 2.08. The van der Waals surface area contributed by atoms with E-state index in [0.717, 1.165) is 32.4 Å². The molecule has 0 fully saturated rings. The number of nitrogens with two attached hydrogens (primary N) is 1. The maximum Gasteiger partial charge on any atom is 0.220 e. The Hall–Kier alpha value is -1.13. The number of carbonyl (C=O) groups is 1. The molecule has 0 aliphatic carbocycles. The SMILES string of the molecule is CCCCCC=CCC=CCCCCCCCC(=O)NCCNCCN. The molecule has 0 saturated heterocycles. The van der Waals surface area contributed by atoms with Crippen LogP contribution in [0, 0.1) is 0 Å². The average Bonchev–Trinajstić information content (AvgIpc) is 2.64. The van der Waals surface area contributed by atoms with Gasteiger partial charge in [0.1, 0.15) is 0 Å². The Balaban J connectivity index is 3.25. The summed E-state index contributed by atoms with van der Waals surface area (Å²) >= 11 is 0. The van der Waals surface area contributed by atoms with Crippen LogP contribution < -0.4 is 16.4 Å². The third kappa shape index (κ3) is 20.9. The largest absolute Gasteiger partial charge is 0.355 e. The maximum absolute atomic E-state index is 11.6. The summed E-state index contributed by atoms with van der Waals surface area (Å²) in [5.41, 5.74) is 5.38. The van der Waals surface area contributed by atoms with Gasteiger partial charge in [-0.1, -0.05) is 63.3 Å². The lowest BCUT2D eigenvalue weighted by Crippen LogP contribution is -2.33. The van der Waals surface area contributed by atoms with Gasteiger partial charge >= 0.3 is 0 Å². The van der Waals surface area contributed by atoms with E-state index in [9.17, 15) is 4.79 Å². The zero-order valence-corrected chi connectivity index (χ0v) is 17.1. The molecule has 0 radical (unpaired) electrons. The van der Waals surface area contributed by atoms with E-state index >= 15 is 0 Å². The first kappa shape index (κ1) is 24.9. The van der Waals surface area contributed by atoms with E-state index in [2.05, 4.69) is 41.9 Å². The molecule has 0 unspecified atom stereocenters. The van der Waals surface area contributed by atoms with E-state index in [1.54, 1.807) is 0 Å². The summed E-state index contributed by atoms with van der Waals surface area (Å²) in [6.07, 6.45) is 23.2. The van der Waals surface area contributed by atoms with Crippen molar-refractivity contribution in [1.29, 1.82) is 0 Å². The second-order valence-electron chi connectivity index (χ2n) is 6.87. The van der Waals surface area contributed by atoms with Crippen molar-refractivity contribution in [3.8, 4) is 0 Å². The Labute approximate surface area is 162 Å². The molecule has 0 saturated carbocycles. The van der Waals surface area contributed by atoms with Gasteiger partial charge in [0.25, 0.3) is 0 Å². The average molecular weight is 366 g/mol. The van der Waals surface area contributed by atoms with Gasteiger partial charge in [-0.15, -0.1) is 0 Å². The van der Waals surface area contributed by atoms with Gasteiger partial charge in [0, 0.05) is 32.6 Å². The molecule has 0 aliphatic rings. The summed E-state index contributed by atoms with van der Waals surface area (Å²) in [6.45, 7) is 5.18. The second-order valence-corrected chi connectivity index (χ2v) is 6.87. The van der Waals surface area contributed by atoms with Gasteiger partial charge in [-0.05, 0) is 38.5 Å². The monoisotopic (exact) mass is 365 g/mol. The quantitative estimate of drug-likeness (QED) is 0.234. The smallest absolute Gasteiger partial charge is 0.220 e. The molecule has 0 rings (SSSR count). The van der Waals surface area contributed by atoms with Gasteiger partial charge in [-0.2, -0.15) is 0 Å². The number of allylic oxidation sites excluding steroid dienone is 4. The van der Waals surface area contributed by atoms with Gasteiger partial charge in [0.2, 0.25) is 5.91 Å². The first-order chi connectivity index (χ1) is 12.8. The lowest BCUT2D eigenvalue weighted by atomic mass is 10.1. The fourth-order valence-corrected chi connectivity index (χ4v) is 2.70. The predicted molar refractivity (Wildman–Crippen MR) is 114 cm³/mol. The molecule has 152 valence electrons. The summed E-state index contributed by atoms with van der Waals surface area (Å²) < 4.78 is 0. The Kier molecular flexibility index (Phi) is 21.0. The zero-order valence-electron chi connectivity index (χ0n) is 17.1. The molecule has 4 N–H and O–H groups in total. The van der Waals surface area contributed by atoms with Crippen molar-refractivity contribution in [3.05, 3.63) is 24.3 Å². The molecule has 0 aromatic rings. The molecule has 0 atom stereocenters. The molecule has 4 nitrogen and oxygen atoms in total. The minimum atomic E-state index is 0.172. The summed E-state index contributed by atoms with van der Waals surface area (Å²) in [5, 5.41) is 6.10. The fourth-order valence-electron chi connectivity index (χ4n) is 2.70. The van der Waals surface area contributed by atoms with Crippen molar-refractivity contribution < 1.29 is 4.79 Å². The number of carbonyl (C=O) groups excluding carboxylic acids is 1. The van der Waals surface area contributed by atoms with Crippen LogP contribution in [0.5, 0.6) is 0 Å². The van der Waals surface area contributed by atoms with E-state index in [-0.39, 0.29) is 5.91 Å². The van der Waals surface area contributed by atoms with E-state index in [1.807, 2.05) is 0 Å². The third-order valence-corrected chi connectivity index (χ3v) is 4.30. The second kappa shape index (κ2) is 21.9. The highest BCUT2D eigenvalue weighted by atomic mass is 16.1. The minimum absolute atomic E-state index is 0.172. The minimum Gasteiger partial charge on any atom is -0.355 e. The van der Waals surface area contributed by atoms with Crippen LogP contribution in [0.4, 0.5) is 0 Å². The molecule has 0 aliphatic heterocycles.